The first-order valence-electron chi connectivity index (χ1n) is 3.73. The third kappa shape index (κ3) is 2.01. The highest BCUT2D eigenvalue weighted by atomic mass is 16.5. The maximum atomic E-state index is 10.2. The zero-order valence-electron chi connectivity index (χ0n) is 6.27. The van der Waals surface area contributed by atoms with Crippen molar-refractivity contribution in [3.63, 3.8) is 0 Å². The van der Waals surface area contributed by atoms with Gasteiger partial charge in [0.15, 0.2) is 0 Å². The molecule has 3 nitrogen and oxygen atoms in total. The van der Waals surface area contributed by atoms with Crippen molar-refractivity contribution >= 4 is 6.29 Å². The fourth-order valence-corrected chi connectivity index (χ4v) is 1.41. The molecule has 3 atom stereocenters. The van der Waals surface area contributed by atoms with E-state index in [0.29, 0.717) is 12.8 Å². The van der Waals surface area contributed by atoms with E-state index in [1.807, 2.05) is 0 Å². The smallest absolute Gasteiger partial charge is 0.120 e. The molecular weight excluding hydrogens is 144 g/mol. The van der Waals surface area contributed by atoms with Crippen molar-refractivity contribution in [3.8, 4) is 0 Å². The highest BCUT2D eigenvalue weighted by Gasteiger charge is 2.31. The molecule has 0 amide bonds. The maximum Gasteiger partial charge on any atom is 0.120 e. The third-order valence-electron chi connectivity index (χ3n) is 1.99. The van der Waals surface area contributed by atoms with Crippen LogP contribution in [0, 0.1) is 12.8 Å². The molecule has 0 aromatic carbocycles. The standard InChI is InChI=1S/C8H12O3/c1-6-4-7(2-3-9)8(5-10)11-6/h1,3,6-8,10H,2,4-5H2/t6-,7+,8+/m0/s1. The van der Waals surface area contributed by atoms with Crippen LogP contribution in [0.15, 0.2) is 0 Å². The molecule has 3 heteroatoms. The molecule has 1 aliphatic rings. The van der Waals surface area contributed by atoms with E-state index in [1.165, 1.54) is 0 Å². The summed E-state index contributed by atoms with van der Waals surface area (Å²) in [5.74, 6) is 0.104. The van der Waals surface area contributed by atoms with E-state index in [4.69, 9.17) is 16.8 Å². The van der Waals surface area contributed by atoms with Crippen LogP contribution in [-0.4, -0.2) is 30.2 Å². The number of carbonyl (C=O) groups is 1. The van der Waals surface area contributed by atoms with Gasteiger partial charge in [-0.15, -0.1) is 0 Å². The average Bonchev–Trinajstić information content (AvgIpc) is 2.32. The summed E-state index contributed by atoms with van der Waals surface area (Å²) in [4.78, 5) is 10.2. The van der Waals surface area contributed by atoms with Crippen molar-refractivity contribution in [1.82, 2.24) is 0 Å². The van der Waals surface area contributed by atoms with Gasteiger partial charge in [0.1, 0.15) is 6.29 Å². The predicted molar refractivity (Wildman–Crippen MR) is 38.8 cm³/mol. The third-order valence-corrected chi connectivity index (χ3v) is 1.99. The van der Waals surface area contributed by atoms with Gasteiger partial charge in [-0.1, -0.05) is 0 Å². The molecule has 0 aliphatic carbocycles. The van der Waals surface area contributed by atoms with Crippen LogP contribution in [0.2, 0.25) is 0 Å². The molecular formula is C8H12O3. The van der Waals surface area contributed by atoms with Crippen LogP contribution in [0.4, 0.5) is 0 Å². The lowest BCUT2D eigenvalue weighted by molar-refractivity contribution is -0.109. The number of hydrogen-bond acceptors (Lipinski definition) is 3. The fraction of sp³-hybridized carbons (Fsp3) is 0.750. The van der Waals surface area contributed by atoms with E-state index in [9.17, 15) is 4.79 Å². The summed E-state index contributed by atoms with van der Waals surface area (Å²) in [6.45, 7) is 5.42. The van der Waals surface area contributed by atoms with E-state index < -0.39 is 0 Å². The van der Waals surface area contributed by atoms with Crippen LogP contribution in [-0.2, 0) is 9.53 Å². The number of carbonyl (C=O) groups excluding carboxylic acids is 1. The molecule has 1 fully saturated rings. The van der Waals surface area contributed by atoms with Crippen molar-refractivity contribution < 1.29 is 14.6 Å². The molecule has 1 saturated heterocycles. The zero-order valence-corrected chi connectivity index (χ0v) is 6.27. The van der Waals surface area contributed by atoms with Gasteiger partial charge in [-0.3, -0.25) is 0 Å². The monoisotopic (exact) mass is 156 g/mol. The molecule has 2 radical (unpaired) electrons. The summed E-state index contributed by atoms with van der Waals surface area (Å²) >= 11 is 0. The summed E-state index contributed by atoms with van der Waals surface area (Å²) in [5.41, 5.74) is 0. The summed E-state index contributed by atoms with van der Waals surface area (Å²) < 4.78 is 5.14. The summed E-state index contributed by atoms with van der Waals surface area (Å²) in [7, 11) is 0. The quantitative estimate of drug-likeness (QED) is 0.587. The van der Waals surface area contributed by atoms with Crippen LogP contribution in [0.5, 0.6) is 0 Å². The van der Waals surface area contributed by atoms with Gasteiger partial charge in [-0.2, -0.15) is 0 Å². The van der Waals surface area contributed by atoms with Crippen LogP contribution in [0.25, 0.3) is 0 Å². The molecule has 0 aromatic rings. The van der Waals surface area contributed by atoms with Crippen molar-refractivity contribution in [2.45, 2.75) is 25.0 Å². The van der Waals surface area contributed by atoms with Crippen molar-refractivity contribution in [1.29, 1.82) is 0 Å². The highest BCUT2D eigenvalue weighted by Crippen LogP contribution is 2.27. The first kappa shape index (κ1) is 8.68. The van der Waals surface area contributed by atoms with E-state index in [0.717, 1.165) is 6.29 Å². The second-order valence-electron chi connectivity index (χ2n) is 2.79. The lowest BCUT2D eigenvalue weighted by Crippen LogP contribution is -2.20. The van der Waals surface area contributed by atoms with Gasteiger partial charge in [0.2, 0.25) is 0 Å². The van der Waals surface area contributed by atoms with Crippen molar-refractivity contribution in [2.75, 3.05) is 6.61 Å². The van der Waals surface area contributed by atoms with Gasteiger partial charge in [0.25, 0.3) is 0 Å². The Morgan fingerprint density at radius 2 is 2.45 bits per heavy atom. The van der Waals surface area contributed by atoms with Crippen LogP contribution >= 0.6 is 0 Å². The molecule has 11 heavy (non-hydrogen) atoms. The van der Waals surface area contributed by atoms with E-state index in [1.54, 1.807) is 0 Å². The van der Waals surface area contributed by atoms with Gasteiger partial charge in [-0.05, 0) is 19.3 Å². The Morgan fingerprint density at radius 1 is 1.73 bits per heavy atom. The minimum absolute atomic E-state index is 0.0494. The van der Waals surface area contributed by atoms with Crippen molar-refractivity contribution in [2.24, 2.45) is 5.92 Å². The molecule has 0 spiro atoms. The van der Waals surface area contributed by atoms with Crippen LogP contribution in [0.3, 0.4) is 0 Å². The molecule has 1 heterocycles. The first-order valence-corrected chi connectivity index (χ1v) is 3.73. The fourth-order valence-electron chi connectivity index (χ4n) is 1.41. The normalized spacial score (nSPS) is 37.5. The van der Waals surface area contributed by atoms with Crippen molar-refractivity contribution in [3.05, 3.63) is 6.92 Å². The zero-order chi connectivity index (χ0) is 8.27. The Kier molecular flexibility index (Phi) is 3.02. The minimum atomic E-state index is -0.308. The van der Waals surface area contributed by atoms with E-state index in [-0.39, 0.29) is 24.7 Å². The Balaban J connectivity index is 2.43. The Labute approximate surface area is 66.4 Å². The number of aldehydes is 1. The molecule has 0 aromatic heterocycles. The number of aliphatic hydroxyl groups is 1. The molecule has 1 N–H and O–H groups in total. The molecule has 1 aliphatic heterocycles. The van der Waals surface area contributed by atoms with E-state index >= 15 is 0 Å². The molecule has 0 saturated carbocycles. The minimum Gasteiger partial charge on any atom is -0.394 e. The van der Waals surface area contributed by atoms with Gasteiger partial charge >= 0.3 is 0 Å². The largest absolute Gasteiger partial charge is 0.394 e. The summed E-state index contributed by atoms with van der Waals surface area (Å²) in [6.07, 6.45) is 1.39. The predicted octanol–water partition coefficient (Wildman–Crippen LogP) is 0.0525. The summed E-state index contributed by atoms with van der Waals surface area (Å²) in [6, 6.07) is 0. The lowest BCUT2D eigenvalue weighted by Gasteiger charge is -2.12. The number of aliphatic hydroxyl groups excluding tert-OH is 1. The number of rotatable bonds is 3. The number of hydrogen-bond donors (Lipinski definition) is 1. The average molecular weight is 156 g/mol. The van der Waals surface area contributed by atoms with Gasteiger partial charge in [0.05, 0.1) is 18.8 Å². The molecule has 62 valence electrons. The van der Waals surface area contributed by atoms with Gasteiger partial charge in [-0.25, -0.2) is 0 Å². The Morgan fingerprint density at radius 3 is 3.00 bits per heavy atom. The Hall–Kier alpha value is -0.410. The second kappa shape index (κ2) is 3.83. The Bertz CT molecular complexity index is 135. The first-order chi connectivity index (χ1) is 5.27. The molecule has 1 rings (SSSR count). The molecule has 0 bridgehead atoms. The summed E-state index contributed by atoms with van der Waals surface area (Å²) in [5, 5.41) is 8.78. The van der Waals surface area contributed by atoms with Gasteiger partial charge < -0.3 is 14.6 Å². The van der Waals surface area contributed by atoms with Crippen LogP contribution < -0.4 is 0 Å². The van der Waals surface area contributed by atoms with Gasteiger partial charge in [0, 0.05) is 6.42 Å². The maximum absolute atomic E-state index is 10.2. The highest BCUT2D eigenvalue weighted by molar-refractivity contribution is 5.50. The van der Waals surface area contributed by atoms with E-state index in [2.05, 4.69) is 0 Å². The van der Waals surface area contributed by atoms with Crippen LogP contribution in [0.1, 0.15) is 12.8 Å². The second-order valence-corrected chi connectivity index (χ2v) is 2.79. The lowest BCUT2D eigenvalue weighted by atomic mass is 9.97. The SMILES string of the molecule is [CH][C@H]1C[C@@H](CC=O)[C@@H](CO)O1. The molecule has 0 unspecified atom stereocenters. The number of ether oxygens (including phenoxy) is 1. The topological polar surface area (TPSA) is 46.5 Å².